The minimum Gasteiger partial charge on any atom is -0.338 e. The molecule has 1 atom stereocenters. The minimum absolute atomic E-state index is 0. The fraction of sp³-hybridized carbons (Fsp3) is 0.350. The van der Waals surface area contributed by atoms with Gasteiger partial charge in [-0.3, -0.25) is 4.79 Å². The van der Waals surface area contributed by atoms with Crippen molar-refractivity contribution in [2.75, 3.05) is 19.6 Å². The summed E-state index contributed by atoms with van der Waals surface area (Å²) in [5.74, 6) is -0.128. The molecular formula is C20H25ClN2O3S. The van der Waals surface area contributed by atoms with Gasteiger partial charge in [0.2, 0.25) is 0 Å². The van der Waals surface area contributed by atoms with Crippen molar-refractivity contribution in [3.05, 3.63) is 65.7 Å². The van der Waals surface area contributed by atoms with Crippen LogP contribution in [0, 0.1) is 5.41 Å². The smallest absolute Gasteiger partial charge is 0.253 e. The number of halogens is 1. The molecule has 0 spiro atoms. The second-order valence-corrected chi connectivity index (χ2v) is 9.25. The summed E-state index contributed by atoms with van der Waals surface area (Å²) in [6.45, 7) is 3.95. The number of carbonyl (C=O) groups excluding carboxylic acids is 1. The standard InChI is InChI=1S/C20H24N2O3S.ClH/c1-20(14-21)11-12-22(15-20)19(23)17-7-9-18(10-8-17)26(24,25)13-16-5-3-2-4-6-16;/h2-10H,11-15,21H2,1H3;1H. The molecule has 1 saturated heterocycles. The summed E-state index contributed by atoms with van der Waals surface area (Å²) in [6, 6.07) is 15.3. The molecule has 0 aromatic heterocycles. The molecular weight excluding hydrogens is 384 g/mol. The van der Waals surface area contributed by atoms with Crippen LogP contribution in [0.1, 0.15) is 29.3 Å². The first-order valence-corrected chi connectivity index (χ1v) is 10.3. The predicted octanol–water partition coefficient (Wildman–Crippen LogP) is 2.89. The highest BCUT2D eigenvalue weighted by atomic mass is 35.5. The first-order chi connectivity index (χ1) is 12.3. The quantitative estimate of drug-likeness (QED) is 0.824. The Kier molecular flexibility index (Phi) is 6.68. The van der Waals surface area contributed by atoms with Crippen LogP contribution in [-0.2, 0) is 15.6 Å². The third-order valence-corrected chi connectivity index (χ3v) is 6.70. The number of nitrogens with zero attached hydrogens (tertiary/aromatic N) is 1. The van der Waals surface area contributed by atoms with Crippen molar-refractivity contribution >= 4 is 28.2 Å². The molecule has 1 aliphatic rings. The lowest BCUT2D eigenvalue weighted by Gasteiger charge is -2.22. The van der Waals surface area contributed by atoms with E-state index in [9.17, 15) is 13.2 Å². The van der Waals surface area contributed by atoms with Crippen molar-refractivity contribution < 1.29 is 13.2 Å². The Labute approximate surface area is 166 Å². The Balaban J connectivity index is 0.00000261. The van der Waals surface area contributed by atoms with Gasteiger partial charge in [-0.25, -0.2) is 8.42 Å². The number of likely N-dealkylation sites (tertiary alicyclic amines) is 1. The van der Waals surface area contributed by atoms with E-state index in [1.54, 1.807) is 29.2 Å². The molecule has 1 unspecified atom stereocenters. The molecule has 5 nitrogen and oxygen atoms in total. The van der Waals surface area contributed by atoms with E-state index in [4.69, 9.17) is 5.73 Å². The highest BCUT2D eigenvalue weighted by Crippen LogP contribution is 2.29. The number of sulfone groups is 1. The maximum absolute atomic E-state index is 12.6. The largest absolute Gasteiger partial charge is 0.338 e. The van der Waals surface area contributed by atoms with E-state index >= 15 is 0 Å². The third-order valence-electron chi connectivity index (χ3n) is 5.00. The van der Waals surface area contributed by atoms with Crippen molar-refractivity contribution in [3.8, 4) is 0 Å². The van der Waals surface area contributed by atoms with Crippen molar-refractivity contribution in [1.29, 1.82) is 0 Å². The van der Waals surface area contributed by atoms with Gasteiger partial charge in [-0.05, 0) is 48.2 Å². The summed E-state index contributed by atoms with van der Waals surface area (Å²) < 4.78 is 25.1. The summed E-state index contributed by atoms with van der Waals surface area (Å²) >= 11 is 0. The Bertz CT molecular complexity index is 885. The average molecular weight is 409 g/mol. The number of amides is 1. The molecule has 7 heteroatoms. The van der Waals surface area contributed by atoms with Crippen LogP contribution in [0.3, 0.4) is 0 Å². The molecule has 0 bridgehead atoms. The fourth-order valence-electron chi connectivity index (χ4n) is 3.23. The number of hydrogen-bond acceptors (Lipinski definition) is 4. The highest BCUT2D eigenvalue weighted by Gasteiger charge is 2.35. The highest BCUT2D eigenvalue weighted by molar-refractivity contribution is 7.90. The molecule has 2 aromatic carbocycles. The van der Waals surface area contributed by atoms with E-state index in [1.165, 1.54) is 12.1 Å². The second-order valence-electron chi connectivity index (χ2n) is 7.26. The summed E-state index contributed by atoms with van der Waals surface area (Å²) in [5, 5.41) is 0. The first-order valence-electron chi connectivity index (χ1n) is 8.69. The number of carbonyl (C=O) groups is 1. The van der Waals surface area contributed by atoms with E-state index in [2.05, 4.69) is 6.92 Å². The van der Waals surface area contributed by atoms with Crippen LogP contribution < -0.4 is 5.73 Å². The lowest BCUT2D eigenvalue weighted by atomic mass is 9.90. The molecule has 1 heterocycles. The third kappa shape index (κ3) is 4.89. The Morgan fingerprint density at radius 1 is 1.11 bits per heavy atom. The van der Waals surface area contributed by atoms with Gasteiger partial charge in [0.05, 0.1) is 10.6 Å². The van der Waals surface area contributed by atoms with Gasteiger partial charge < -0.3 is 10.6 Å². The summed E-state index contributed by atoms with van der Waals surface area (Å²) in [7, 11) is -3.44. The van der Waals surface area contributed by atoms with Crippen molar-refractivity contribution in [2.45, 2.75) is 24.0 Å². The van der Waals surface area contributed by atoms with Crippen LogP contribution in [0.25, 0.3) is 0 Å². The number of nitrogens with two attached hydrogens (primary N) is 1. The molecule has 0 radical (unpaired) electrons. The van der Waals surface area contributed by atoms with Crippen LogP contribution in [0.5, 0.6) is 0 Å². The van der Waals surface area contributed by atoms with Crippen molar-refractivity contribution in [1.82, 2.24) is 4.90 Å². The molecule has 1 fully saturated rings. The molecule has 1 aliphatic heterocycles. The Hall–Kier alpha value is -1.89. The predicted molar refractivity (Wildman–Crippen MR) is 109 cm³/mol. The van der Waals surface area contributed by atoms with Gasteiger partial charge in [0.15, 0.2) is 9.84 Å². The summed E-state index contributed by atoms with van der Waals surface area (Å²) in [5.41, 5.74) is 7.01. The molecule has 1 amide bonds. The van der Waals surface area contributed by atoms with Crippen molar-refractivity contribution in [2.24, 2.45) is 11.1 Å². The SMILES string of the molecule is CC1(CN)CCN(C(=O)c2ccc(S(=O)(=O)Cc3ccccc3)cc2)C1.Cl. The zero-order valence-corrected chi connectivity index (χ0v) is 16.9. The van der Waals surface area contributed by atoms with Gasteiger partial charge in [0.1, 0.15) is 0 Å². The number of hydrogen-bond donors (Lipinski definition) is 1. The molecule has 3 rings (SSSR count). The van der Waals surface area contributed by atoms with Gasteiger partial charge in [0.25, 0.3) is 5.91 Å². The van der Waals surface area contributed by atoms with Crippen LogP contribution in [-0.4, -0.2) is 38.9 Å². The molecule has 0 saturated carbocycles. The zero-order valence-electron chi connectivity index (χ0n) is 15.3. The van der Waals surface area contributed by atoms with Crippen LogP contribution in [0.15, 0.2) is 59.5 Å². The van der Waals surface area contributed by atoms with Gasteiger partial charge in [0, 0.05) is 18.7 Å². The maximum Gasteiger partial charge on any atom is 0.253 e. The second kappa shape index (κ2) is 8.42. The van der Waals surface area contributed by atoms with Crippen LogP contribution in [0.2, 0.25) is 0 Å². The van der Waals surface area contributed by atoms with Gasteiger partial charge in [-0.15, -0.1) is 12.4 Å². The first kappa shape index (κ1) is 21.4. The van der Waals surface area contributed by atoms with Crippen LogP contribution in [0.4, 0.5) is 0 Å². The zero-order chi connectivity index (χ0) is 18.8. The van der Waals surface area contributed by atoms with Gasteiger partial charge in [-0.2, -0.15) is 0 Å². The van der Waals surface area contributed by atoms with E-state index < -0.39 is 9.84 Å². The van der Waals surface area contributed by atoms with Gasteiger partial charge >= 0.3 is 0 Å². The average Bonchev–Trinajstić information content (AvgIpc) is 3.05. The summed E-state index contributed by atoms with van der Waals surface area (Å²) in [4.78, 5) is 14.7. The molecule has 27 heavy (non-hydrogen) atoms. The topological polar surface area (TPSA) is 80.5 Å². The molecule has 0 aliphatic carbocycles. The number of rotatable bonds is 5. The molecule has 2 N–H and O–H groups in total. The minimum atomic E-state index is -3.44. The lowest BCUT2D eigenvalue weighted by molar-refractivity contribution is 0.0777. The normalized spacial score (nSPS) is 19.6. The van der Waals surface area contributed by atoms with E-state index in [0.29, 0.717) is 25.2 Å². The van der Waals surface area contributed by atoms with E-state index in [1.807, 2.05) is 18.2 Å². The molecule has 146 valence electrons. The summed E-state index contributed by atoms with van der Waals surface area (Å²) in [6.07, 6.45) is 0.888. The van der Waals surface area contributed by atoms with Crippen LogP contribution >= 0.6 is 12.4 Å². The number of benzene rings is 2. The van der Waals surface area contributed by atoms with E-state index in [-0.39, 0.29) is 34.4 Å². The lowest BCUT2D eigenvalue weighted by Crippen LogP contribution is -2.34. The molecule has 2 aromatic rings. The maximum atomic E-state index is 12.6. The Morgan fingerprint density at radius 2 is 1.74 bits per heavy atom. The Morgan fingerprint density at radius 3 is 2.30 bits per heavy atom. The van der Waals surface area contributed by atoms with E-state index in [0.717, 1.165) is 12.0 Å². The monoisotopic (exact) mass is 408 g/mol. The van der Waals surface area contributed by atoms with Gasteiger partial charge in [-0.1, -0.05) is 37.3 Å². The fourth-order valence-corrected chi connectivity index (χ4v) is 4.58. The van der Waals surface area contributed by atoms with Crippen molar-refractivity contribution in [3.63, 3.8) is 0 Å².